The van der Waals surface area contributed by atoms with Gasteiger partial charge in [0.2, 0.25) is 17.6 Å². The van der Waals surface area contributed by atoms with E-state index in [0.717, 1.165) is 12.0 Å². The van der Waals surface area contributed by atoms with Crippen LogP contribution in [-0.2, 0) is 11.2 Å². The van der Waals surface area contributed by atoms with Crippen LogP contribution in [0.25, 0.3) is 11.4 Å². The van der Waals surface area contributed by atoms with Gasteiger partial charge < -0.3 is 9.84 Å². The fourth-order valence-corrected chi connectivity index (χ4v) is 3.42. The summed E-state index contributed by atoms with van der Waals surface area (Å²) in [7, 11) is 0. The number of pyridine rings is 1. The van der Waals surface area contributed by atoms with Crippen molar-refractivity contribution in [1.82, 2.24) is 20.4 Å². The molecule has 8 heteroatoms. The lowest BCUT2D eigenvalue weighted by molar-refractivity contribution is -0.117. The Hall–Kier alpha value is -3.55. The number of rotatable bonds is 6. The van der Waals surface area contributed by atoms with Crippen molar-refractivity contribution < 1.29 is 14.1 Å². The van der Waals surface area contributed by atoms with Gasteiger partial charge in [0, 0.05) is 30.5 Å². The van der Waals surface area contributed by atoms with Gasteiger partial charge in [-0.05, 0) is 32.4 Å². The van der Waals surface area contributed by atoms with E-state index in [9.17, 15) is 9.59 Å². The van der Waals surface area contributed by atoms with Crippen LogP contribution >= 0.6 is 0 Å². The first kappa shape index (κ1) is 19.8. The Balaban J connectivity index is 1.44. The molecule has 0 atom stereocenters. The zero-order valence-corrected chi connectivity index (χ0v) is 17.0. The molecule has 0 unspecified atom stereocenters. The summed E-state index contributed by atoms with van der Waals surface area (Å²) in [6, 6.07) is 14.7. The predicted octanol–water partition coefficient (Wildman–Crippen LogP) is 3.01. The zero-order valence-electron chi connectivity index (χ0n) is 17.0. The molecule has 1 aliphatic heterocycles. The minimum Gasteiger partial charge on any atom is -0.345 e. The van der Waals surface area contributed by atoms with Crippen molar-refractivity contribution >= 4 is 17.6 Å². The third-order valence-electron chi connectivity index (χ3n) is 4.86. The topological polar surface area (TPSA) is 101 Å². The number of aromatic nitrogens is 3. The number of hydrogen-bond acceptors (Lipinski definition) is 6. The van der Waals surface area contributed by atoms with Crippen molar-refractivity contribution in [2.75, 3.05) is 11.4 Å². The molecule has 0 radical (unpaired) electrons. The Kier molecular flexibility index (Phi) is 5.31. The average Bonchev–Trinajstić information content (AvgIpc) is 3.37. The average molecular weight is 405 g/mol. The van der Waals surface area contributed by atoms with Gasteiger partial charge in [-0.25, -0.2) is 4.98 Å². The minimum absolute atomic E-state index is 0.0333. The smallest absolute Gasteiger partial charge is 0.270 e. The summed E-state index contributed by atoms with van der Waals surface area (Å²) < 4.78 is 5.37. The van der Waals surface area contributed by atoms with Gasteiger partial charge in [-0.15, -0.1) is 0 Å². The number of carbonyl (C=O) groups is 2. The molecule has 1 N–H and O–H groups in total. The Morgan fingerprint density at radius 2 is 1.93 bits per heavy atom. The highest BCUT2D eigenvalue weighted by Gasteiger charge is 2.27. The molecule has 2 aromatic heterocycles. The Morgan fingerprint density at radius 1 is 1.13 bits per heavy atom. The van der Waals surface area contributed by atoms with Crippen molar-refractivity contribution in [3.63, 3.8) is 0 Å². The van der Waals surface area contributed by atoms with Crippen molar-refractivity contribution in [3.05, 3.63) is 60.1 Å². The molecule has 30 heavy (non-hydrogen) atoms. The first-order valence-corrected chi connectivity index (χ1v) is 9.89. The molecular weight excluding hydrogens is 382 g/mol. The largest absolute Gasteiger partial charge is 0.345 e. The summed E-state index contributed by atoms with van der Waals surface area (Å²) in [5.41, 5.74) is 0.487. The zero-order chi connectivity index (χ0) is 21.1. The molecule has 1 saturated heterocycles. The van der Waals surface area contributed by atoms with Gasteiger partial charge in [0.1, 0.15) is 11.5 Å². The van der Waals surface area contributed by atoms with Gasteiger partial charge in [-0.3, -0.25) is 14.5 Å². The number of hydrogen-bond donors (Lipinski definition) is 1. The van der Waals surface area contributed by atoms with Crippen LogP contribution in [0.5, 0.6) is 0 Å². The second kappa shape index (κ2) is 8.06. The van der Waals surface area contributed by atoms with E-state index in [0.29, 0.717) is 36.9 Å². The van der Waals surface area contributed by atoms with Crippen LogP contribution in [0.1, 0.15) is 43.1 Å². The summed E-state index contributed by atoms with van der Waals surface area (Å²) in [4.78, 5) is 35.2. The van der Waals surface area contributed by atoms with Crippen LogP contribution in [0.4, 0.5) is 5.82 Å². The fourth-order valence-electron chi connectivity index (χ4n) is 3.42. The van der Waals surface area contributed by atoms with Crippen molar-refractivity contribution in [2.24, 2.45) is 0 Å². The Morgan fingerprint density at radius 3 is 2.67 bits per heavy atom. The quantitative estimate of drug-likeness (QED) is 0.676. The molecule has 3 heterocycles. The third-order valence-corrected chi connectivity index (χ3v) is 4.86. The van der Waals surface area contributed by atoms with Gasteiger partial charge >= 0.3 is 0 Å². The van der Waals surface area contributed by atoms with E-state index in [1.165, 1.54) is 0 Å². The molecule has 0 spiro atoms. The Bertz CT molecular complexity index is 1060. The first-order valence-electron chi connectivity index (χ1n) is 9.89. The van der Waals surface area contributed by atoms with Gasteiger partial charge in [0.05, 0.1) is 0 Å². The first-order chi connectivity index (χ1) is 14.4. The molecule has 2 amide bonds. The molecule has 154 valence electrons. The molecule has 4 rings (SSSR count). The van der Waals surface area contributed by atoms with Crippen LogP contribution in [-0.4, -0.2) is 39.0 Å². The standard InChI is InChI=1S/C22H23N5O3/c1-22(2,14-18-24-20(26-30-18)15-8-4-3-5-9-15)25-21(29)16-10-6-11-17(23-16)27-13-7-12-19(27)28/h3-6,8-11H,7,12-14H2,1-2H3,(H,25,29). The van der Waals surface area contributed by atoms with E-state index in [-0.39, 0.29) is 17.5 Å². The van der Waals surface area contributed by atoms with Crippen LogP contribution < -0.4 is 10.2 Å². The molecule has 0 bridgehead atoms. The third kappa shape index (κ3) is 4.37. The maximum absolute atomic E-state index is 12.8. The molecule has 1 aliphatic rings. The summed E-state index contributed by atoms with van der Waals surface area (Å²) in [6.07, 6.45) is 1.68. The number of benzene rings is 1. The van der Waals surface area contributed by atoms with Crippen molar-refractivity contribution in [2.45, 2.75) is 38.6 Å². The molecule has 1 fully saturated rings. The predicted molar refractivity (Wildman–Crippen MR) is 111 cm³/mol. The molecule has 3 aromatic rings. The van der Waals surface area contributed by atoms with Gasteiger partial charge in [-0.1, -0.05) is 41.6 Å². The highest BCUT2D eigenvalue weighted by Crippen LogP contribution is 2.20. The summed E-state index contributed by atoms with van der Waals surface area (Å²) in [5, 5.41) is 6.99. The van der Waals surface area contributed by atoms with Crippen LogP contribution in [0.3, 0.4) is 0 Å². The van der Waals surface area contributed by atoms with E-state index < -0.39 is 5.54 Å². The van der Waals surface area contributed by atoms with Crippen LogP contribution in [0.15, 0.2) is 53.1 Å². The Labute approximate surface area is 174 Å². The monoisotopic (exact) mass is 405 g/mol. The van der Waals surface area contributed by atoms with Gasteiger partial charge in [0.15, 0.2) is 0 Å². The lowest BCUT2D eigenvalue weighted by atomic mass is 10.0. The highest BCUT2D eigenvalue weighted by molar-refractivity contribution is 5.96. The van der Waals surface area contributed by atoms with Crippen LogP contribution in [0.2, 0.25) is 0 Å². The van der Waals surface area contributed by atoms with E-state index in [4.69, 9.17) is 4.52 Å². The number of amides is 2. The summed E-state index contributed by atoms with van der Waals surface area (Å²) in [5.74, 6) is 1.16. The van der Waals surface area contributed by atoms with Crippen molar-refractivity contribution in [3.8, 4) is 11.4 Å². The van der Waals surface area contributed by atoms with E-state index in [2.05, 4.69) is 20.4 Å². The summed E-state index contributed by atoms with van der Waals surface area (Å²) in [6.45, 7) is 4.39. The lowest BCUT2D eigenvalue weighted by Crippen LogP contribution is -2.45. The number of nitrogens with one attached hydrogen (secondary N) is 1. The SMILES string of the molecule is CC(C)(Cc1nc(-c2ccccc2)no1)NC(=O)c1cccc(N2CCCC2=O)n1. The molecule has 0 aliphatic carbocycles. The highest BCUT2D eigenvalue weighted by atomic mass is 16.5. The summed E-state index contributed by atoms with van der Waals surface area (Å²) >= 11 is 0. The molecule has 1 aromatic carbocycles. The van der Waals surface area contributed by atoms with Gasteiger partial charge in [0.25, 0.3) is 5.91 Å². The fraction of sp³-hybridized carbons (Fsp3) is 0.318. The maximum atomic E-state index is 12.8. The normalized spacial score (nSPS) is 14.2. The molecule has 0 saturated carbocycles. The van der Waals surface area contributed by atoms with Crippen LogP contribution in [0, 0.1) is 0 Å². The van der Waals surface area contributed by atoms with E-state index in [1.54, 1.807) is 23.1 Å². The molecule has 8 nitrogen and oxygen atoms in total. The van der Waals surface area contributed by atoms with E-state index >= 15 is 0 Å². The lowest BCUT2D eigenvalue weighted by Gasteiger charge is -2.24. The maximum Gasteiger partial charge on any atom is 0.270 e. The van der Waals surface area contributed by atoms with E-state index in [1.807, 2.05) is 44.2 Å². The second-order valence-corrected chi connectivity index (χ2v) is 7.92. The van der Waals surface area contributed by atoms with Crippen molar-refractivity contribution in [1.29, 1.82) is 0 Å². The second-order valence-electron chi connectivity index (χ2n) is 7.92. The number of anilines is 1. The van der Waals surface area contributed by atoms with Gasteiger partial charge in [-0.2, -0.15) is 4.98 Å². The number of carbonyl (C=O) groups excluding carboxylic acids is 2. The molecular formula is C22H23N5O3. The minimum atomic E-state index is -0.640. The number of nitrogens with zero attached hydrogens (tertiary/aromatic N) is 4.